The topological polar surface area (TPSA) is 157 Å². The minimum absolute atomic E-state index is 0.138. The number of carbonyl (C=O) groups is 4. The van der Waals surface area contributed by atoms with Crippen LogP contribution in [0.3, 0.4) is 0 Å². The van der Waals surface area contributed by atoms with Gasteiger partial charge in [0.05, 0.1) is 11.1 Å². The number of unbranched alkanes of at least 4 members (excludes halogenated alkanes) is 9. The summed E-state index contributed by atoms with van der Waals surface area (Å²) in [4.78, 5) is 52.6. The Morgan fingerprint density at radius 1 is 0.583 bits per heavy atom. The molecule has 0 heterocycles. The van der Waals surface area contributed by atoms with Crippen LogP contribution >= 0.6 is 0 Å². The highest BCUT2D eigenvalue weighted by molar-refractivity contribution is 6.00. The van der Waals surface area contributed by atoms with Crippen molar-refractivity contribution in [2.24, 2.45) is 11.8 Å². The van der Waals surface area contributed by atoms with Gasteiger partial charge in [0, 0.05) is 11.8 Å². The molecule has 2 aromatic carbocycles. The lowest BCUT2D eigenvalue weighted by molar-refractivity contribution is -0.129. The van der Waals surface area contributed by atoms with Gasteiger partial charge >= 0.3 is 0 Å². The van der Waals surface area contributed by atoms with E-state index in [2.05, 4.69) is 42.5 Å². The molecule has 0 saturated heterocycles. The first-order valence-electron chi connectivity index (χ1n) is 18.0. The summed E-state index contributed by atoms with van der Waals surface area (Å²) in [5.74, 6) is -3.63. The quantitative estimate of drug-likeness (QED) is 0.0612. The van der Waals surface area contributed by atoms with E-state index in [-0.39, 0.29) is 29.0 Å². The zero-order chi connectivity index (χ0) is 35.3. The average Bonchev–Trinajstić information content (AvgIpc) is 3.07. The van der Waals surface area contributed by atoms with Gasteiger partial charge in [-0.2, -0.15) is 0 Å². The maximum Gasteiger partial charge on any atom is 0.273 e. The molecule has 0 aliphatic rings. The Labute approximate surface area is 286 Å². The predicted octanol–water partition coefficient (Wildman–Crippen LogP) is 7.18. The SMILES string of the molecule is CCCCCCc1cccc(O)c1C(=O)NNC(=O)C(C)CC(CCCCCC)C(=O)NNC(=O)c1c(O)cccc1CCCCCC. The molecule has 10 heteroatoms. The summed E-state index contributed by atoms with van der Waals surface area (Å²) < 4.78 is 0. The highest BCUT2D eigenvalue weighted by Crippen LogP contribution is 2.25. The van der Waals surface area contributed by atoms with Crippen LogP contribution in [0.2, 0.25) is 0 Å². The number of aryl methyl sites for hydroxylation is 2. The second kappa shape index (κ2) is 22.5. The largest absolute Gasteiger partial charge is 0.507 e. The third-order valence-electron chi connectivity index (χ3n) is 8.77. The monoisotopic (exact) mass is 666 g/mol. The van der Waals surface area contributed by atoms with Crippen LogP contribution < -0.4 is 21.7 Å². The summed E-state index contributed by atoms with van der Waals surface area (Å²) in [6.45, 7) is 8.03. The molecule has 0 aliphatic heterocycles. The molecule has 0 fully saturated rings. The van der Waals surface area contributed by atoms with Gasteiger partial charge in [0.15, 0.2) is 0 Å². The molecule has 0 spiro atoms. The molecule has 0 bridgehead atoms. The molecular formula is C38H58N4O6. The van der Waals surface area contributed by atoms with Gasteiger partial charge in [-0.3, -0.25) is 40.9 Å². The van der Waals surface area contributed by atoms with E-state index in [4.69, 9.17) is 0 Å². The summed E-state index contributed by atoms with van der Waals surface area (Å²) >= 11 is 0. The van der Waals surface area contributed by atoms with Crippen LogP contribution in [0.25, 0.3) is 0 Å². The summed E-state index contributed by atoms with van der Waals surface area (Å²) in [7, 11) is 0. The molecule has 2 aromatic rings. The molecule has 2 atom stereocenters. The maximum absolute atomic E-state index is 13.4. The lowest BCUT2D eigenvalue weighted by atomic mass is 9.90. The number of amides is 4. The van der Waals surface area contributed by atoms with Gasteiger partial charge in [0.2, 0.25) is 11.8 Å². The number of phenols is 2. The van der Waals surface area contributed by atoms with Crippen LogP contribution in [0.4, 0.5) is 0 Å². The Bertz CT molecular complexity index is 1310. The predicted molar refractivity (Wildman–Crippen MR) is 189 cm³/mol. The van der Waals surface area contributed by atoms with E-state index in [9.17, 15) is 29.4 Å². The van der Waals surface area contributed by atoms with Crippen LogP contribution in [0.1, 0.15) is 149 Å². The van der Waals surface area contributed by atoms with Crippen LogP contribution in [0.5, 0.6) is 11.5 Å². The molecule has 2 unspecified atom stereocenters. The van der Waals surface area contributed by atoms with E-state index < -0.39 is 35.5 Å². The average molecular weight is 667 g/mol. The van der Waals surface area contributed by atoms with Gasteiger partial charge in [-0.15, -0.1) is 0 Å². The highest BCUT2D eigenvalue weighted by Gasteiger charge is 2.26. The van der Waals surface area contributed by atoms with E-state index in [0.29, 0.717) is 30.4 Å². The minimum Gasteiger partial charge on any atom is -0.507 e. The summed E-state index contributed by atoms with van der Waals surface area (Å²) in [6.07, 6.45) is 13.9. The van der Waals surface area contributed by atoms with Crippen molar-refractivity contribution in [2.45, 2.75) is 130 Å². The fraction of sp³-hybridized carbons (Fsp3) is 0.579. The normalized spacial score (nSPS) is 12.2. The van der Waals surface area contributed by atoms with Gasteiger partial charge in [0.25, 0.3) is 11.8 Å². The first-order valence-corrected chi connectivity index (χ1v) is 18.0. The van der Waals surface area contributed by atoms with E-state index in [1.165, 1.54) is 12.1 Å². The van der Waals surface area contributed by atoms with Crippen molar-refractivity contribution in [1.82, 2.24) is 21.7 Å². The number of benzene rings is 2. The molecule has 10 nitrogen and oxygen atoms in total. The van der Waals surface area contributed by atoms with Crippen molar-refractivity contribution in [1.29, 1.82) is 0 Å². The first kappa shape index (κ1) is 40.1. The van der Waals surface area contributed by atoms with Gasteiger partial charge in [-0.1, -0.05) is 116 Å². The second-order valence-corrected chi connectivity index (χ2v) is 12.8. The van der Waals surface area contributed by atoms with Gasteiger partial charge in [-0.25, -0.2) is 0 Å². The maximum atomic E-state index is 13.4. The van der Waals surface area contributed by atoms with E-state index in [1.54, 1.807) is 25.1 Å². The van der Waals surface area contributed by atoms with Crippen LogP contribution in [-0.4, -0.2) is 33.8 Å². The van der Waals surface area contributed by atoms with Gasteiger partial charge in [-0.05, 0) is 61.8 Å². The number of hydrazine groups is 2. The second-order valence-electron chi connectivity index (χ2n) is 12.8. The molecule has 266 valence electrons. The Morgan fingerprint density at radius 2 is 1.02 bits per heavy atom. The number of hydrogen-bond acceptors (Lipinski definition) is 6. The van der Waals surface area contributed by atoms with E-state index >= 15 is 0 Å². The molecule has 0 aliphatic carbocycles. The van der Waals surface area contributed by atoms with Crippen molar-refractivity contribution in [3.05, 3.63) is 58.7 Å². The lowest BCUT2D eigenvalue weighted by Crippen LogP contribution is -2.47. The van der Waals surface area contributed by atoms with Crippen LogP contribution in [0.15, 0.2) is 36.4 Å². The van der Waals surface area contributed by atoms with E-state index in [1.807, 2.05) is 6.07 Å². The van der Waals surface area contributed by atoms with Crippen molar-refractivity contribution in [2.75, 3.05) is 0 Å². The Morgan fingerprint density at radius 3 is 1.48 bits per heavy atom. The number of nitrogens with one attached hydrogen (secondary N) is 4. The number of aromatic hydroxyl groups is 2. The Balaban J connectivity index is 2.03. The summed E-state index contributed by atoms with van der Waals surface area (Å²) in [6, 6.07) is 9.92. The number of hydrogen-bond donors (Lipinski definition) is 6. The van der Waals surface area contributed by atoms with Crippen molar-refractivity contribution in [3.8, 4) is 11.5 Å². The number of carbonyl (C=O) groups excluding carboxylic acids is 4. The van der Waals surface area contributed by atoms with Crippen LogP contribution in [-0.2, 0) is 22.4 Å². The Hall–Kier alpha value is -4.08. The number of rotatable bonds is 21. The molecule has 0 aromatic heterocycles. The number of phenolic OH excluding ortho intramolecular Hbond substituents is 2. The minimum atomic E-state index is -0.645. The zero-order valence-electron chi connectivity index (χ0n) is 29.5. The zero-order valence-corrected chi connectivity index (χ0v) is 29.5. The van der Waals surface area contributed by atoms with Crippen molar-refractivity contribution >= 4 is 23.6 Å². The summed E-state index contributed by atoms with van der Waals surface area (Å²) in [5.41, 5.74) is 11.6. The lowest BCUT2D eigenvalue weighted by Gasteiger charge is -2.21. The third kappa shape index (κ3) is 13.6. The fourth-order valence-electron chi connectivity index (χ4n) is 5.89. The summed E-state index contributed by atoms with van der Waals surface area (Å²) in [5, 5.41) is 20.9. The van der Waals surface area contributed by atoms with E-state index in [0.717, 1.165) is 77.0 Å². The molecule has 0 radical (unpaired) electrons. The Kier molecular flexibility index (Phi) is 18.8. The van der Waals surface area contributed by atoms with Crippen LogP contribution in [0, 0.1) is 11.8 Å². The van der Waals surface area contributed by atoms with Gasteiger partial charge in [0.1, 0.15) is 11.5 Å². The first-order chi connectivity index (χ1) is 23.1. The standard InChI is InChI=1S/C38H58N4O6/c1-5-8-11-14-19-28-22-17-24-31(43)33(28)37(47)41-39-35(45)27(4)26-30(21-16-13-10-7-3)36(46)40-42-38(48)34-29(20-15-12-9-6-2)23-18-25-32(34)44/h17-18,22-25,27,30,43-44H,5-16,19-21,26H2,1-4H3,(H,39,45)(H,40,46)(H,41,47)(H,42,48). The van der Waals surface area contributed by atoms with Crippen molar-refractivity contribution < 1.29 is 29.4 Å². The molecule has 2 rings (SSSR count). The molecule has 6 N–H and O–H groups in total. The highest BCUT2D eigenvalue weighted by atomic mass is 16.3. The molecule has 0 saturated carbocycles. The molecule has 4 amide bonds. The molecular weight excluding hydrogens is 608 g/mol. The fourth-order valence-corrected chi connectivity index (χ4v) is 5.89. The van der Waals surface area contributed by atoms with Gasteiger partial charge < -0.3 is 10.2 Å². The van der Waals surface area contributed by atoms with Crippen molar-refractivity contribution in [3.63, 3.8) is 0 Å². The molecule has 48 heavy (non-hydrogen) atoms. The third-order valence-corrected chi connectivity index (χ3v) is 8.77. The smallest absolute Gasteiger partial charge is 0.273 e.